The molecule has 2 aliphatic heterocycles. The number of ether oxygens (including phenoxy) is 1. The van der Waals surface area contributed by atoms with Crippen molar-refractivity contribution in [2.75, 3.05) is 0 Å². The minimum absolute atomic E-state index is 0.0118. The van der Waals surface area contributed by atoms with Crippen LogP contribution in [0.15, 0.2) is 36.4 Å². The van der Waals surface area contributed by atoms with Crippen molar-refractivity contribution in [3.63, 3.8) is 0 Å². The number of nitrogens with one attached hydrogen (secondary N) is 2. The Morgan fingerprint density at radius 2 is 1.93 bits per heavy atom. The molecule has 6 heteroatoms. The Morgan fingerprint density at radius 3 is 2.63 bits per heavy atom. The summed E-state index contributed by atoms with van der Waals surface area (Å²) in [5.74, 6) is 0.507. The lowest BCUT2D eigenvalue weighted by atomic mass is 9.76. The Hall–Kier alpha value is -2.40. The number of rotatable bonds is 1. The van der Waals surface area contributed by atoms with E-state index in [0.717, 1.165) is 16.7 Å². The van der Waals surface area contributed by atoms with Crippen molar-refractivity contribution in [3.05, 3.63) is 58.1 Å². The zero-order valence-corrected chi connectivity index (χ0v) is 16.4. The minimum Gasteiger partial charge on any atom is -0.506 e. The quantitative estimate of drug-likeness (QED) is 0.678. The molecule has 2 heterocycles. The monoisotopic (exact) mass is 386 g/mol. The van der Waals surface area contributed by atoms with Crippen LogP contribution >= 0.6 is 11.6 Å². The van der Waals surface area contributed by atoms with Crippen LogP contribution < -0.4 is 15.4 Å². The van der Waals surface area contributed by atoms with Crippen LogP contribution in [-0.4, -0.2) is 22.4 Å². The number of aryl methyl sites for hydroxylation is 1. The highest BCUT2D eigenvalue weighted by atomic mass is 35.5. The molecule has 2 aliphatic rings. The molecular weight excluding hydrogens is 364 g/mol. The summed E-state index contributed by atoms with van der Waals surface area (Å²) in [5, 5.41) is 16.3. The summed E-state index contributed by atoms with van der Waals surface area (Å²) in [5.41, 5.74) is 1.97. The van der Waals surface area contributed by atoms with E-state index in [1.807, 2.05) is 26.0 Å². The van der Waals surface area contributed by atoms with Crippen LogP contribution in [0.25, 0.3) is 0 Å². The van der Waals surface area contributed by atoms with Crippen LogP contribution in [0.1, 0.15) is 49.3 Å². The van der Waals surface area contributed by atoms with Gasteiger partial charge in [-0.25, -0.2) is 4.79 Å². The lowest BCUT2D eigenvalue weighted by Gasteiger charge is -2.49. The normalized spacial score (nSPS) is 25.9. The second kappa shape index (κ2) is 6.06. The van der Waals surface area contributed by atoms with Crippen molar-refractivity contribution in [2.24, 2.45) is 0 Å². The van der Waals surface area contributed by atoms with Gasteiger partial charge in [0.25, 0.3) is 0 Å². The fourth-order valence-corrected chi connectivity index (χ4v) is 4.57. The van der Waals surface area contributed by atoms with E-state index >= 15 is 0 Å². The van der Waals surface area contributed by atoms with Crippen molar-refractivity contribution >= 4 is 17.6 Å². The maximum absolute atomic E-state index is 12.3. The van der Waals surface area contributed by atoms with E-state index in [2.05, 4.69) is 29.7 Å². The first-order valence-corrected chi connectivity index (χ1v) is 9.43. The van der Waals surface area contributed by atoms with Crippen LogP contribution in [0.2, 0.25) is 5.02 Å². The highest BCUT2D eigenvalue weighted by Gasteiger charge is 2.50. The van der Waals surface area contributed by atoms with Gasteiger partial charge in [-0.3, -0.25) is 0 Å². The largest absolute Gasteiger partial charge is 0.506 e. The SMILES string of the molecule is Cc1ccccc1C1CC2(CC(C)(C)NC(=O)N2)Oc2cc(O)c(Cl)cc21. The van der Waals surface area contributed by atoms with E-state index < -0.39 is 11.3 Å². The van der Waals surface area contributed by atoms with Gasteiger partial charge in [-0.15, -0.1) is 0 Å². The molecule has 1 saturated heterocycles. The van der Waals surface area contributed by atoms with E-state index in [1.165, 1.54) is 0 Å². The average molecular weight is 387 g/mol. The molecule has 0 aliphatic carbocycles. The number of benzene rings is 2. The summed E-state index contributed by atoms with van der Waals surface area (Å²) in [4.78, 5) is 12.3. The Balaban J connectivity index is 1.87. The van der Waals surface area contributed by atoms with Crippen molar-refractivity contribution < 1.29 is 14.6 Å². The number of carbonyl (C=O) groups excluding carboxylic acids is 1. The summed E-state index contributed by atoms with van der Waals surface area (Å²) in [6.45, 7) is 6.03. The molecule has 0 radical (unpaired) electrons. The first kappa shape index (κ1) is 18.0. The predicted octanol–water partition coefficient (Wildman–Crippen LogP) is 4.45. The number of carbonyl (C=O) groups is 1. The van der Waals surface area contributed by atoms with Crippen LogP contribution in [-0.2, 0) is 0 Å². The molecule has 2 aromatic carbocycles. The van der Waals surface area contributed by atoms with Crippen molar-refractivity contribution in [1.82, 2.24) is 10.6 Å². The molecule has 1 spiro atoms. The fraction of sp³-hybridized carbons (Fsp3) is 0.381. The summed E-state index contributed by atoms with van der Waals surface area (Å²) >= 11 is 6.20. The Bertz CT molecular complexity index is 928. The molecule has 142 valence electrons. The van der Waals surface area contributed by atoms with Crippen molar-refractivity contribution in [1.29, 1.82) is 0 Å². The van der Waals surface area contributed by atoms with Gasteiger partial charge >= 0.3 is 6.03 Å². The van der Waals surface area contributed by atoms with E-state index in [4.69, 9.17) is 16.3 Å². The molecular formula is C21H23ClN2O3. The number of hydrogen-bond acceptors (Lipinski definition) is 3. The highest BCUT2D eigenvalue weighted by Crippen LogP contribution is 2.49. The molecule has 27 heavy (non-hydrogen) atoms. The van der Waals surface area contributed by atoms with E-state index in [-0.39, 0.29) is 17.7 Å². The lowest BCUT2D eigenvalue weighted by molar-refractivity contribution is -0.0236. The summed E-state index contributed by atoms with van der Waals surface area (Å²) < 4.78 is 6.30. The number of phenols is 1. The number of aromatic hydroxyl groups is 1. The Labute approximate surface area is 163 Å². The highest BCUT2D eigenvalue weighted by molar-refractivity contribution is 6.32. The van der Waals surface area contributed by atoms with E-state index in [9.17, 15) is 9.90 Å². The van der Waals surface area contributed by atoms with E-state index in [0.29, 0.717) is 23.6 Å². The van der Waals surface area contributed by atoms with Gasteiger partial charge < -0.3 is 20.5 Å². The maximum atomic E-state index is 12.3. The van der Waals surface area contributed by atoms with Gasteiger partial charge in [0.15, 0.2) is 5.72 Å². The zero-order valence-electron chi connectivity index (χ0n) is 15.6. The van der Waals surface area contributed by atoms with E-state index in [1.54, 1.807) is 12.1 Å². The second-order valence-corrected chi connectivity index (χ2v) is 8.60. The fourth-order valence-electron chi connectivity index (χ4n) is 4.40. The predicted molar refractivity (Wildman–Crippen MR) is 104 cm³/mol. The topological polar surface area (TPSA) is 70.6 Å². The van der Waals surface area contributed by atoms with Gasteiger partial charge in [0.05, 0.1) is 5.02 Å². The molecule has 1 fully saturated rings. The standard InChI is InChI=1S/C21H23ClN2O3/c1-12-6-4-5-7-13(12)15-10-21(11-20(2,3)23-19(26)24-21)27-18-9-17(25)16(22)8-14(15)18/h4-9,15,25H,10-11H2,1-3H3,(H2,23,24,26). The summed E-state index contributed by atoms with van der Waals surface area (Å²) in [6.07, 6.45) is 1.18. The summed E-state index contributed by atoms with van der Waals surface area (Å²) in [6, 6.07) is 11.2. The Morgan fingerprint density at radius 1 is 1.19 bits per heavy atom. The second-order valence-electron chi connectivity index (χ2n) is 8.19. The van der Waals surface area contributed by atoms with Crippen LogP contribution in [0.4, 0.5) is 4.79 Å². The molecule has 2 atom stereocenters. The third kappa shape index (κ3) is 3.21. The molecule has 0 saturated carbocycles. The van der Waals surface area contributed by atoms with Crippen LogP contribution in [0, 0.1) is 6.92 Å². The van der Waals surface area contributed by atoms with Crippen molar-refractivity contribution in [3.8, 4) is 11.5 Å². The average Bonchev–Trinajstić information content (AvgIpc) is 2.54. The molecule has 2 amide bonds. The Kier molecular flexibility index (Phi) is 4.04. The zero-order chi connectivity index (χ0) is 19.4. The molecule has 2 aromatic rings. The van der Waals surface area contributed by atoms with Gasteiger partial charge in [-0.1, -0.05) is 35.9 Å². The third-order valence-corrected chi connectivity index (χ3v) is 5.68. The number of fused-ring (bicyclic) bond motifs is 1. The number of hydrogen-bond donors (Lipinski definition) is 3. The number of halogens is 1. The molecule has 0 aromatic heterocycles. The summed E-state index contributed by atoms with van der Waals surface area (Å²) in [7, 11) is 0. The van der Waals surface area contributed by atoms with Gasteiger partial charge in [-0.05, 0) is 38.0 Å². The third-order valence-electron chi connectivity index (χ3n) is 5.38. The van der Waals surface area contributed by atoms with Gasteiger partial charge in [-0.2, -0.15) is 0 Å². The number of amides is 2. The van der Waals surface area contributed by atoms with Crippen molar-refractivity contribution in [2.45, 2.75) is 50.8 Å². The van der Waals surface area contributed by atoms with Gasteiger partial charge in [0, 0.05) is 35.9 Å². The molecule has 4 rings (SSSR count). The lowest BCUT2D eigenvalue weighted by Crippen LogP contribution is -2.69. The maximum Gasteiger partial charge on any atom is 0.318 e. The molecule has 5 nitrogen and oxygen atoms in total. The van der Waals surface area contributed by atoms with Crippen LogP contribution in [0.5, 0.6) is 11.5 Å². The smallest absolute Gasteiger partial charge is 0.318 e. The van der Waals surface area contributed by atoms with Gasteiger partial charge in [0.2, 0.25) is 0 Å². The first-order valence-electron chi connectivity index (χ1n) is 9.05. The van der Waals surface area contributed by atoms with Crippen LogP contribution in [0.3, 0.4) is 0 Å². The molecule has 3 N–H and O–H groups in total. The number of phenolic OH excluding ortho intramolecular Hbond substituents is 1. The molecule has 0 bridgehead atoms. The van der Waals surface area contributed by atoms with Gasteiger partial charge in [0.1, 0.15) is 11.5 Å². The first-order chi connectivity index (χ1) is 12.7. The molecule has 2 unspecified atom stereocenters. The number of urea groups is 1. The minimum atomic E-state index is -0.855.